The fourth-order valence-corrected chi connectivity index (χ4v) is 3.25. The van der Waals surface area contributed by atoms with E-state index in [0.717, 1.165) is 10.9 Å². The molecule has 0 saturated heterocycles. The van der Waals surface area contributed by atoms with Crippen molar-refractivity contribution in [2.75, 3.05) is 5.32 Å². The normalized spacial score (nSPS) is 15.1. The van der Waals surface area contributed by atoms with E-state index in [9.17, 15) is 9.59 Å². The molecule has 0 radical (unpaired) electrons. The van der Waals surface area contributed by atoms with E-state index in [4.69, 9.17) is 0 Å². The molecule has 1 aromatic carbocycles. The number of hydrogen-bond donors (Lipinski definition) is 1. The van der Waals surface area contributed by atoms with Gasteiger partial charge in [-0.1, -0.05) is 48.5 Å². The highest BCUT2D eigenvalue weighted by Gasteiger charge is 2.17. The second-order valence-electron chi connectivity index (χ2n) is 5.70. The van der Waals surface area contributed by atoms with Gasteiger partial charge in [0.05, 0.1) is 5.69 Å². The molecule has 21 heavy (non-hydrogen) atoms. The van der Waals surface area contributed by atoms with Gasteiger partial charge in [-0.2, -0.15) is 0 Å². The van der Waals surface area contributed by atoms with Gasteiger partial charge in [0.2, 0.25) is 5.91 Å². The van der Waals surface area contributed by atoms with Gasteiger partial charge in [-0.05, 0) is 30.5 Å². The fraction of sp³-hybridized carbons (Fsp3) is 0.529. The van der Waals surface area contributed by atoms with Crippen LogP contribution in [0.25, 0.3) is 0 Å². The van der Waals surface area contributed by atoms with Crippen LogP contribution in [0.4, 0.5) is 5.69 Å². The SMILES string of the molecule is CCC(=O)c1cc(Br)ccc1NC(=O)CCC1CCCC1. The van der Waals surface area contributed by atoms with Crippen LogP contribution in [0.1, 0.15) is 62.2 Å². The predicted octanol–water partition coefficient (Wildman–Crippen LogP) is 4.95. The van der Waals surface area contributed by atoms with Crippen molar-refractivity contribution in [3.8, 4) is 0 Å². The molecule has 1 saturated carbocycles. The summed E-state index contributed by atoms with van der Waals surface area (Å²) in [7, 11) is 0. The van der Waals surface area contributed by atoms with Crippen LogP contribution in [0.15, 0.2) is 22.7 Å². The lowest BCUT2D eigenvalue weighted by atomic mass is 10.0. The Morgan fingerprint density at radius 3 is 2.67 bits per heavy atom. The number of anilines is 1. The molecule has 0 aliphatic heterocycles. The number of halogens is 1. The summed E-state index contributed by atoms with van der Waals surface area (Å²) in [6, 6.07) is 5.41. The number of rotatable bonds is 6. The van der Waals surface area contributed by atoms with Gasteiger partial charge in [-0.25, -0.2) is 0 Å². The molecule has 1 aliphatic carbocycles. The molecule has 0 atom stereocenters. The Balaban J connectivity index is 1.97. The van der Waals surface area contributed by atoms with E-state index in [0.29, 0.717) is 30.0 Å². The Morgan fingerprint density at radius 1 is 1.29 bits per heavy atom. The van der Waals surface area contributed by atoms with Crippen molar-refractivity contribution >= 4 is 33.3 Å². The third-order valence-electron chi connectivity index (χ3n) is 4.13. The lowest BCUT2D eigenvalue weighted by Crippen LogP contribution is -2.15. The molecule has 1 amide bonds. The maximum Gasteiger partial charge on any atom is 0.224 e. The summed E-state index contributed by atoms with van der Waals surface area (Å²) in [5.41, 5.74) is 1.21. The highest BCUT2D eigenvalue weighted by Crippen LogP contribution is 2.29. The van der Waals surface area contributed by atoms with E-state index in [1.165, 1.54) is 25.7 Å². The van der Waals surface area contributed by atoms with Gasteiger partial charge in [0.1, 0.15) is 0 Å². The Bertz CT molecular complexity index is 522. The predicted molar refractivity (Wildman–Crippen MR) is 88.6 cm³/mol. The number of carbonyl (C=O) groups is 2. The molecule has 0 unspecified atom stereocenters. The van der Waals surface area contributed by atoms with Gasteiger partial charge >= 0.3 is 0 Å². The first-order valence-corrected chi connectivity index (χ1v) is 8.52. The van der Waals surface area contributed by atoms with Crippen LogP contribution in [0.2, 0.25) is 0 Å². The van der Waals surface area contributed by atoms with E-state index in [1.54, 1.807) is 12.1 Å². The van der Waals surface area contributed by atoms with Crippen LogP contribution in [0, 0.1) is 5.92 Å². The van der Waals surface area contributed by atoms with Crippen molar-refractivity contribution in [3.63, 3.8) is 0 Å². The number of carbonyl (C=O) groups excluding carboxylic acids is 2. The van der Waals surface area contributed by atoms with Crippen molar-refractivity contribution in [2.24, 2.45) is 5.92 Å². The van der Waals surface area contributed by atoms with Crippen molar-refractivity contribution in [3.05, 3.63) is 28.2 Å². The van der Waals surface area contributed by atoms with E-state index in [2.05, 4.69) is 21.2 Å². The maximum atomic E-state index is 12.1. The zero-order chi connectivity index (χ0) is 15.2. The molecule has 1 aromatic rings. The summed E-state index contributed by atoms with van der Waals surface area (Å²) in [6.07, 6.45) is 7.04. The summed E-state index contributed by atoms with van der Waals surface area (Å²) >= 11 is 3.37. The van der Waals surface area contributed by atoms with E-state index < -0.39 is 0 Å². The van der Waals surface area contributed by atoms with Gasteiger partial charge in [-0.15, -0.1) is 0 Å². The first-order valence-electron chi connectivity index (χ1n) is 7.72. The smallest absolute Gasteiger partial charge is 0.224 e. The molecule has 0 aromatic heterocycles. The molecule has 114 valence electrons. The largest absolute Gasteiger partial charge is 0.325 e. The monoisotopic (exact) mass is 351 g/mol. The van der Waals surface area contributed by atoms with Crippen LogP contribution in [0.3, 0.4) is 0 Å². The Hall–Kier alpha value is -1.16. The standard InChI is InChI=1S/C17H22BrNO2/c1-2-16(20)14-11-13(18)8-9-15(14)19-17(21)10-7-12-5-3-4-6-12/h8-9,11-12H,2-7,10H2,1H3,(H,19,21). The third-order valence-corrected chi connectivity index (χ3v) is 4.62. The zero-order valence-corrected chi connectivity index (χ0v) is 14.0. The van der Waals surface area contributed by atoms with Crippen molar-refractivity contribution in [1.82, 2.24) is 0 Å². The molecular weight excluding hydrogens is 330 g/mol. The lowest BCUT2D eigenvalue weighted by Gasteiger charge is -2.12. The summed E-state index contributed by atoms with van der Waals surface area (Å²) < 4.78 is 0.850. The van der Waals surface area contributed by atoms with Gasteiger partial charge in [0.15, 0.2) is 5.78 Å². The van der Waals surface area contributed by atoms with Gasteiger partial charge in [0, 0.05) is 22.9 Å². The number of amides is 1. The second kappa shape index (κ2) is 7.74. The quantitative estimate of drug-likeness (QED) is 0.736. The van der Waals surface area contributed by atoms with Crippen LogP contribution < -0.4 is 5.32 Å². The summed E-state index contributed by atoms with van der Waals surface area (Å²) in [5, 5.41) is 2.90. The molecule has 1 aliphatic rings. The minimum atomic E-state index is 0.00868. The first-order chi connectivity index (χ1) is 10.1. The number of Topliss-reactive ketones (excluding diaryl/α,β-unsaturated/α-hetero) is 1. The Kier molecular flexibility index (Phi) is 5.97. The highest BCUT2D eigenvalue weighted by atomic mass is 79.9. The summed E-state index contributed by atoms with van der Waals surface area (Å²) in [4.78, 5) is 24.0. The Morgan fingerprint density at radius 2 is 2.00 bits per heavy atom. The number of nitrogens with one attached hydrogen (secondary N) is 1. The Labute approximate surface area is 134 Å². The first kappa shape index (κ1) is 16.2. The van der Waals surface area contributed by atoms with E-state index in [1.807, 2.05) is 13.0 Å². The average molecular weight is 352 g/mol. The van der Waals surface area contributed by atoms with Gasteiger partial charge in [0.25, 0.3) is 0 Å². The van der Waals surface area contributed by atoms with Crippen LogP contribution >= 0.6 is 15.9 Å². The van der Waals surface area contributed by atoms with Crippen molar-refractivity contribution in [1.29, 1.82) is 0 Å². The summed E-state index contributed by atoms with van der Waals surface area (Å²) in [6.45, 7) is 1.83. The molecule has 0 bridgehead atoms. The molecule has 2 rings (SSSR count). The highest BCUT2D eigenvalue weighted by molar-refractivity contribution is 9.10. The number of benzene rings is 1. The fourth-order valence-electron chi connectivity index (χ4n) is 2.89. The summed E-state index contributed by atoms with van der Waals surface area (Å²) in [5.74, 6) is 0.759. The maximum absolute atomic E-state index is 12.1. The molecule has 1 N–H and O–H groups in total. The van der Waals surface area contributed by atoms with Crippen LogP contribution in [-0.4, -0.2) is 11.7 Å². The second-order valence-corrected chi connectivity index (χ2v) is 6.62. The zero-order valence-electron chi connectivity index (χ0n) is 12.5. The molecule has 0 heterocycles. The average Bonchev–Trinajstić information content (AvgIpc) is 2.99. The molecule has 1 fully saturated rings. The van der Waals surface area contributed by atoms with Crippen molar-refractivity contribution < 1.29 is 9.59 Å². The molecule has 0 spiro atoms. The van der Waals surface area contributed by atoms with Crippen molar-refractivity contribution in [2.45, 2.75) is 51.9 Å². The van der Waals surface area contributed by atoms with E-state index in [-0.39, 0.29) is 11.7 Å². The van der Waals surface area contributed by atoms with Gasteiger partial charge < -0.3 is 5.32 Å². The molecule has 4 heteroatoms. The van der Waals surface area contributed by atoms with E-state index >= 15 is 0 Å². The minimum Gasteiger partial charge on any atom is -0.325 e. The molecular formula is C17H22BrNO2. The minimum absolute atomic E-state index is 0.00868. The lowest BCUT2D eigenvalue weighted by molar-refractivity contribution is -0.116. The number of hydrogen-bond acceptors (Lipinski definition) is 2. The number of ketones is 1. The van der Waals surface area contributed by atoms with Crippen LogP contribution in [-0.2, 0) is 4.79 Å². The van der Waals surface area contributed by atoms with Gasteiger partial charge in [-0.3, -0.25) is 9.59 Å². The molecule has 3 nitrogen and oxygen atoms in total. The third kappa shape index (κ3) is 4.67. The van der Waals surface area contributed by atoms with Crippen LogP contribution in [0.5, 0.6) is 0 Å². The topological polar surface area (TPSA) is 46.2 Å².